The molecule has 0 rings (SSSR count). The van der Waals surface area contributed by atoms with E-state index in [0.717, 1.165) is 6.42 Å². The van der Waals surface area contributed by atoms with Crippen molar-refractivity contribution in [1.29, 1.82) is 0 Å². The van der Waals surface area contributed by atoms with E-state index in [0.29, 0.717) is 13.0 Å². The van der Waals surface area contributed by atoms with Crippen molar-refractivity contribution in [3.05, 3.63) is 0 Å². The average molecular weight is 134 g/mol. The number of aliphatic hydroxyl groups is 1. The molecule has 2 nitrogen and oxygen atoms in total. The van der Waals surface area contributed by atoms with Crippen LogP contribution in [0.2, 0.25) is 0 Å². The summed E-state index contributed by atoms with van der Waals surface area (Å²) in [5, 5.41) is 8.53. The molecule has 0 spiro atoms. The second kappa shape index (κ2) is 5.00. The zero-order valence-corrected chi connectivity index (χ0v) is 5.70. The van der Waals surface area contributed by atoms with Gasteiger partial charge >= 0.3 is 0 Å². The quantitative estimate of drug-likeness (QED) is 0.464. The van der Waals surface area contributed by atoms with Crippen LogP contribution in [0.4, 0.5) is 0 Å². The Hall–Kier alpha value is -0.150. The Balaban J connectivity index is 2.82. The van der Waals surface area contributed by atoms with Crippen molar-refractivity contribution in [3.63, 3.8) is 0 Å². The number of methoxy groups -OCH3 is 1. The monoisotopic (exact) mass is 134 g/mol. The molecule has 0 aliphatic carbocycles. The largest absolute Gasteiger partial charge is 0.502 e. The first-order valence-corrected chi connectivity index (χ1v) is 2.89. The summed E-state index contributed by atoms with van der Waals surface area (Å²) in [6.07, 6.45) is 1.38. The summed E-state index contributed by atoms with van der Waals surface area (Å²) in [7, 11) is 1.63. The molecule has 0 saturated carbocycles. The lowest BCUT2D eigenvalue weighted by atomic mass is 10.3. The molecular weight excluding hydrogens is 124 g/mol. The fraction of sp³-hybridized carbons (Fsp3) is 0.800. The summed E-state index contributed by atoms with van der Waals surface area (Å²) in [5.41, 5.74) is 0. The molecule has 48 valence electrons. The van der Waals surface area contributed by atoms with Gasteiger partial charge in [-0.15, -0.1) is 0 Å². The van der Waals surface area contributed by atoms with Crippen molar-refractivity contribution in [2.24, 2.45) is 0 Å². The standard InChI is InChI=1S/C5H10O2S/c1-7-4-2-3-5(6)8/h2-4H2,1H3,(H,6,8). The zero-order chi connectivity index (χ0) is 6.41. The first-order valence-electron chi connectivity index (χ1n) is 2.48. The molecule has 0 fully saturated rings. The molecule has 0 aliphatic rings. The van der Waals surface area contributed by atoms with Gasteiger partial charge in [0, 0.05) is 20.1 Å². The van der Waals surface area contributed by atoms with Gasteiger partial charge in [0.15, 0.2) is 5.05 Å². The Morgan fingerprint density at radius 1 is 1.75 bits per heavy atom. The molecule has 3 heteroatoms. The highest BCUT2D eigenvalue weighted by atomic mass is 32.1. The molecule has 0 aromatic rings. The smallest absolute Gasteiger partial charge is 0.156 e. The first kappa shape index (κ1) is 7.85. The van der Waals surface area contributed by atoms with E-state index in [1.165, 1.54) is 0 Å². The Morgan fingerprint density at radius 3 is 2.75 bits per heavy atom. The summed E-state index contributed by atoms with van der Waals surface area (Å²) in [6.45, 7) is 0.667. The normalized spacial score (nSPS) is 9.12. The van der Waals surface area contributed by atoms with Gasteiger partial charge in [-0.3, -0.25) is 0 Å². The van der Waals surface area contributed by atoms with E-state index >= 15 is 0 Å². The molecule has 0 amide bonds. The van der Waals surface area contributed by atoms with Crippen LogP contribution in [-0.4, -0.2) is 23.9 Å². The van der Waals surface area contributed by atoms with Gasteiger partial charge in [-0.1, -0.05) is 0 Å². The molecule has 0 aromatic heterocycles. The predicted octanol–water partition coefficient (Wildman–Crippen LogP) is 1.30. The van der Waals surface area contributed by atoms with E-state index < -0.39 is 0 Å². The highest BCUT2D eigenvalue weighted by Crippen LogP contribution is 1.89. The fourth-order valence-electron chi connectivity index (χ4n) is 0.368. The van der Waals surface area contributed by atoms with E-state index in [1.807, 2.05) is 0 Å². The molecule has 0 aromatic carbocycles. The summed E-state index contributed by atoms with van der Waals surface area (Å²) in [6, 6.07) is 0. The first-order chi connectivity index (χ1) is 3.77. The number of hydrogen-bond acceptors (Lipinski definition) is 2. The van der Waals surface area contributed by atoms with Crippen molar-refractivity contribution < 1.29 is 9.84 Å². The van der Waals surface area contributed by atoms with Crippen molar-refractivity contribution in [3.8, 4) is 0 Å². The third kappa shape index (κ3) is 5.85. The van der Waals surface area contributed by atoms with E-state index in [4.69, 9.17) is 9.84 Å². The minimum absolute atomic E-state index is 0.0713. The third-order valence-corrected chi connectivity index (χ3v) is 0.943. The highest BCUT2D eigenvalue weighted by molar-refractivity contribution is 7.80. The number of ether oxygens (including phenoxy) is 1. The maximum atomic E-state index is 8.45. The van der Waals surface area contributed by atoms with Gasteiger partial charge in [0.05, 0.1) is 0 Å². The van der Waals surface area contributed by atoms with Crippen LogP contribution in [0.3, 0.4) is 0 Å². The van der Waals surface area contributed by atoms with Crippen LogP contribution in [0.5, 0.6) is 0 Å². The maximum absolute atomic E-state index is 8.45. The summed E-state index contributed by atoms with van der Waals surface area (Å²) >= 11 is 4.41. The van der Waals surface area contributed by atoms with Crippen molar-refractivity contribution in [2.75, 3.05) is 13.7 Å². The van der Waals surface area contributed by atoms with Gasteiger partial charge in [-0.2, -0.15) is 0 Å². The second-order valence-corrected chi connectivity index (χ2v) is 1.96. The number of hydrogen-bond donors (Lipinski definition) is 1. The van der Waals surface area contributed by atoms with Gasteiger partial charge in [-0.05, 0) is 18.6 Å². The summed E-state index contributed by atoms with van der Waals surface area (Å²) in [5.74, 6) is 0. The Kier molecular flexibility index (Phi) is 4.90. The molecular formula is C5H10O2S. The Bertz CT molecular complexity index is 72.8. The number of rotatable bonds is 4. The van der Waals surface area contributed by atoms with E-state index in [-0.39, 0.29) is 5.05 Å². The Morgan fingerprint density at radius 2 is 2.38 bits per heavy atom. The van der Waals surface area contributed by atoms with Crippen LogP contribution in [-0.2, 0) is 4.74 Å². The average Bonchev–Trinajstić information content (AvgIpc) is 1.66. The molecule has 0 bridgehead atoms. The molecule has 0 atom stereocenters. The molecule has 0 radical (unpaired) electrons. The van der Waals surface area contributed by atoms with E-state index in [9.17, 15) is 0 Å². The van der Waals surface area contributed by atoms with Crippen molar-refractivity contribution in [1.82, 2.24) is 0 Å². The number of thiocarbonyl (C=S) groups is 1. The van der Waals surface area contributed by atoms with Crippen LogP contribution < -0.4 is 0 Å². The minimum atomic E-state index is 0.0713. The highest BCUT2D eigenvalue weighted by Gasteiger charge is 1.88. The summed E-state index contributed by atoms with van der Waals surface area (Å²) < 4.78 is 4.72. The Labute approximate surface area is 54.5 Å². The molecule has 0 heterocycles. The van der Waals surface area contributed by atoms with Crippen LogP contribution in [0.15, 0.2) is 0 Å². The third-order valence-electron chi connectivity index (χ3n) is 0.739. The molecule has 0 aliphatic heterocycles. The molecule has 8 heavy (non-hydrogen) atoms. The van der Waals surface area contributed by atoms with Crippen molar-refractivity contribution in [2.45, 2.75) is 12.8 Å². The number of aliphatic hydroxyl groups excluding tert-OH is 1. The van der Waals surface area contributed by atoms with E-state index in [1.54, 1.807) is 7.11 Å². The van der Waals surface area contributed by atoms with Gasteiger partial charge in [0.1, 0.15) is 0 Å². The van der Waals surface area contributed by atoms with E-state index in [2.05, 4.69) is 12.2 Å². The topological polar surface area (TPSA) is 29.5 Å². The zero-order valence-electron chi connectivity index (χ0n) is 4.89. The second-order valence-electron chi connectivity index (χ2n) is 1.49. The maximum Gasteiger partial charge on any atom is 0.156 e. The summed E-state index contributed by atoms with van der Waals surface area (Å²) in [4.78, 5) is 0. The lowest BCUT2D eigenvalue weighted by molar-refractivity contribution is 0.196. The molecule has 1 N–H and O–H groups in total. The van der Waals surface area contributed by atoms with Crippen LogP contribution in [0.25, 0.3) is 0 Å². The molecule has 0 saturated heterocycles. The van der Waals surface area contributed by atoms with Crippen LogP contribution in [0, 0.1) is 0 Å². The van der Waals surface area contributed by atoms with Gasteiger partial charge in [-0.25, -0.2) is 0 Å². The van der Waals surface area contributed by atoms with Crippen molar-refractivity contribution >= 4 is 17.3 Å². The van der Waals surface area contributed by atoms with Gasteiger partial charge < -0.3 is 9.84 Å². The molecule has 0 unspecified atom stereocenters. The van der Waals surface area contributed by atoms with Gasteiger partial charge in [0.25, 0.3) is 0 Å². The van der Waals surface area contributed by atoms with Crippen LogP contribution in [0.1, 0.15) is 12.8 Å². The minimum Gasteiger partial charge on any atom is -0.502 e. The lowest BCUT2D eigenvalue weighted by Crippen LogP contribution is -1.94. The van der Waals surface area contributed by atoms with Gasteiger partial charge in [0.2, 0.25) is 0 Å². The fourth-order valence-corrected chi connectivity index (χ4v) is 0.512. The lowest BCUT2D eigenvalue weighted by Gasteiger charge is -1.93. The predicted molar refractivity (Wildman–Crippen MR) is 36.3 cm³/mol. The SMILES string of the molecule is COCCCC(O)=S. The van der Waals surface area contributed by atoms with Crippen LogP contribution >= 0.6 is 12.2 Å².